The van der Waals surface area contributed by atoms with Crippen molar-refractivity contribution in [3.63, 3.8) is 0 Å². The summed E-state index contributed by atoms with van der Waals surface area (Å²) in [6, 6.07) is 14.6. The van der Waals surface area contributed by atoms with Crippen LogP contribution in [0.3, 0.4) is 0 Å². The molecule has 1 aromatic heterocycles. The number of amides is 2. The number of hydrogen-bond acceptors (Lipinski definition) is 5. The first-order valence-corrected chi connectivity index (χ1v) is 11.7. The van der Waals surface area contributed by atoms with Crippen molar-refractivity contribution in [1.29, 1.82) is 0 Å². The summed E-state index contributed by atoms with van der Waals surface area (Å²) in [7, 11) is 0. The van der Waals surface area contributed by atoms with E-state index in [0.717, 1.165) is 21.3 Å². The highest BCUT2D eigenvalue weighted by Crippen LogP contribution is 2.26. The van der Waals surface area contributed by atoms with Gasteiger partial charge in [-0.05, 0) is 56.7 Å². The van der Waals surface area contributed by atoms with Gasteiger partial charge in [-0.2, -0.15) is 0 Å². The molecule has 0 fully saturated rings. The van der Waals surface area contributed by atoms with Crippen LogP contribution in [-0.2, 0) is 5.75 Å². The van der Waals surface area contributed by atoms with Crippen molar-refractivity contribution in [2.75, 3.05) is 18.4 Å². The number of aryl methyl sites for hydroxylation is 1. The lowest BCUT2D eigenvalue weighted by Gasteiger charge is -2.19. The fourth-order valence-corrected chi connectivity index (χ4v) is 4.73. The highest BCUT2D eigenvalue weighted by molar-refractivity contribution is 8.00. The average Bonchev–Trinajstić information content (AvgIpc) is 3.18. The van der Waals surface area contributed by atoms with Crippen molar-refractivity contribution in [3.8, 4) is 0 Å². The molecular formula is C23H25N3O2S2. The normalized spacial score (nSPS) is 10.6. The standard InChI is InChI=1S/C23H25N3O2S2/c1-4-26(5-2)22(28)19-7-6-8-20(13-19)25-21(27)18-11-9-17(10-12-18)15-30-23-24-16(3)14-29-23/h6-14H,4-5,15H2,1-3H3,(H,25,27). The molecule has 0 bridgehead atoms. The number of nitrogens with zero attached hydrogens (tertiary/aromatic N) is 2. The first-order chi connectivity index (χ1) is 14.5. The van der Waals surface area contributed by atoms with Gasteiger partial charge in [-0.1, -0.05) is 30.0 Å². The summed E-state index contributed by atoms with van der Waals surface area (Å²) in [6.45, 7) is 7.20. The van der Waals surface area contributed by atoms with Crippen molar-refractivity contribution in [2.45, 2.75) is 30.9 Å². The Bertz CT molecular complexity index is 1010. The van der Waals surface area contributed by atoms with Crippen LogP contribution in [0.15, 0.2) is 58.3 Å². The summed E-state index contributed by atoms with van der Waals surface area (Å²) in [5, 5.41) is 4.93. The van der Waals surface area contributed by atoms with E-state index in [0.29, 0.717) is 29.9 Å². The lowest BCUT2D eigenvalue weighted by Crippen LogP contribution is -2.30. The Morgan fingerprint density at radius 3 is 2.43 bits per heavy atom. The molecule has 5 nitrogen and oxygen atoms in total. The van der Waals surface area contributed by atoms with Gasteiger partial charge in [0.1, 0.15) is 4.34 Å². The zero-order chi connectivity index (χ0) is 21.5. The van der Waals surface area contributed by atoms with Gasteiger partial charge in [0.25, 0.3) is 11.8 Å². The summed E-state index contributed by atoms with van der Waals surface area (Å²) < 4.78 is 1.05. The molecular weight excluding hydrogens is 414 g/mol. The van der Waals surface area contributed by atoms with Gasteiger partial charge in [-0.3, -0.25) is 9.59 Å². The Labute approximate surface area is 185 Å². The second kappa shape index (κ2) is 10.4. The van der Waals surface area contributed by atoms with Crippen LogP contribution in [-0.4, -0.2) is 34.8 Å². The molecule has 0 unspecified atom stereocenters. The molecule has 3 aromatic rings. The SMILES string of the molecule is CCN(CC)C(=O)c1cccc(NC(=O)c2ccc(CSc3nc(C)cs3)cc2)c1. The number of aromatic nitrogens is 1. The van der Waals surface area contributed by atoms with Gasteiger partial charge in [0, 0.05) is 46.7 Å². The first-order valence-electron chi connectivity index (χ1n) is 9.84. The van der Waals surface area contributed by atoms with Crippen molar-refractivity contribution in [3.05, 3.63) is 76.3 Å². The van der Waals surface area contributed by atoms with Crippen LogP contribution in [0.2, 0.25) is 0 Å². The van der Waals surface area contributed by atoms with Crippen LogP contribution in [0.5, 0.6) is 0 Å². The Balaban J connectivity index is 1.61. The quantitative estimate of drug-likeness (QED) is 0.472. The monoisotopic (exact) mass is 439 g/mol. The zero-order valence-corrected chi connectivity index (χ0v) is 19.0. The largest absolute Gasteiger partial charge is 0.339 e. The number of rotatable bonds is 8. The maximum Gasteiger partial charge on any atom is 0.255 e. The summed E-state index contributed by atoms with van der Waals surface area (Å²) in [5.74, 6) is 0.579. The molecule has 0 aliphatic heterocycles. The minimum absolute atomic E-state index is 0.0339. The third-order valence-corrected chi connectivity index (χ3v) is 6.80. The highest BCUT2D eigenvalue weighted by Gasteiger charge is 2.14. The molecule has 30 heavy (non-hydrogen) atoms. The molecule has 0 saturated heterocycles. The number of benzene rings is 2. The second-order valence-electron chi connectivity index (χ2n) is 6.75. The van der Waals surface area contributed by atoms with Gasteiger partial charge in [0.2, 0.25) is 0 Å². The predicted molar refractivity (Wildman–Crippen MR) is 125 cm³/mol. The Kier molecular flexibility index (Phi) is 7.65. The van der Waals surface area contributed by atoms with Gasteiger partial charge >= 0.3 is 0 Å². The van der Waals surface area contributed by atoms with Gasteiger partial charge in [-0.15, -0.1) is 11.3 Å². The molecule has 0 atom stereocenters. The molecule has 0 aliphatic carbocycles. The van der Waals surface area contributed by atoms with E-state index in [2.05, 4.69) is 10.3 Å². The third kappa shape index (κ3) is 5.70. The zero-order valence-electron chi connectivity index (χ0n) is 17.3. The van der Waals surface area contributed by atoms with Crippen LogP contribution in [0.4, 0.5) is 5.69 Å². The number of hydrogen-bond donors (Lipinski definition) is 1. The number of carbonyl (C=O) groups is 2. The number of thioether (sulfide) groups is 1. The molecule has 7 heteroatoms. The second-order valence-corrected chi connectivity index (χ2v) is 8.83. The lowest BCUT2D eigenvalue weighted by molar-refractivity contribution is 0.0772. The Hall–Kier alpha value is -2.64. The van der Waals surface area contributed by atoms with E-state index in [9.17, 15) is 9.59 Å². The maximum atomic E-state index is 12.6. The van der Waals surface area contributed by atoms with E-state index in [1.165, 1.54) is 0 Å². The van der Waals surface area contributed by atoms with Gasteiger partial charge in [0.15, 0.2) is 0 Å². The number of carbonyl (C=O) groups excluding carboxylic acids is 2. The molecule has 1 heterocycles. The van der Waals surface area contributed by atoms with Crippen molar-refractivity contribution in [1.82, 2.24) is 9.88 Å². The number of anilines is 1. The van der Waals surface area contributed by atoms with E-state index in [1.54, 1.807) is 52.3 Å². The van der Waals surface area contributed by atoms with E-state index in [4.69, 9.17) is 0 Å². The molecule has 0 aliphatic rings. The number of nitrogens with one attached hydrogen (secondary N) is 1. The predicted octanol–water partition coefficient (Wildman–Crippen LogP) is 5.48. The van der Waals surface area contributed by atoms with E-state index < -0.39 is 0 Å². The first kappa shape index (κ1) is 22.1. The lowest BCUT2D eigenvalue weighted by atomic mass is 10.1. The number of thiazole rings is 1. The smallest absolute Gasteiger partial charge is 0.255 e. The third-order valence-electron chi connectivity index (χ3n) is 4.59. The van der Waals surface area contributed by atoms with E-state index in [1.807, 2.05) is 50.4 Å². The minimum Gasteiger partial charge on any atom is -0.339 e. The molecule has 0 spiro atoms. The van der Waals surface area contributed by atoms with Crippen molar-refractivity contribution >= 4 is 40.6 Å². The van der Waals surface area contributed by atoms with Crippen LogP contribution < -0.4 is 5.32 Å². The van der Waals surface area contributed by atoms with Gasteiger partial charge in [-0.25, -0.2) is 4.98 Å². The van der Waals surface area contributed by atoms with Crippen LogP contribution in [0.25, 0.3) is 0 Å². The van der Waals surface area contributed by atoms with Gasteiger partial charge < -0.3 is 10.2 Å². The average molecular weight is 440 g/mol. The Morgan fingerprint density at radius 1 is 1.07 bits per heavy atom. The molecule has 2 aromatic carbocycles. The fourth-order valence-electron chi connectivity index (χ4n) is 2.92. The topological polar surface area (TPSA) is 62.3 Å². The van der Waals surface area contributed by atoms with E-state index in [-0.39, 0.29) is 11.8 Å². The fraction of sp³-hybridized carbons (Fsp3) is 0.261. The molecule has 156 valence electrons. The molecule has 2 amide bonds. The van der Waals surface area contributed by atoms with Crippen LogP contribution >= 0.6 is 23.1 Å². The van der Waals surface area contributed by atoms with E-state index >= 15 is 0 Å². The minimum atomic E-state index is -0.197. The highest BCUT2D eigenvalue weighted by atomic mass is 32.2. The Morgan fingerprint density at radius 2 is 1.80 bits per heavy atom. The van der Waals surface area contributed by atoms with Gasteiger partial charge in [0.05, 0.1) is 0 Å². The molecule has 3 rings (SSSR count). The van der Waals surface area contributed by atoms with Crippen molar-refractivity contribution in [2.24, 2.45) is 0 Å². The van der Waals surface area contributed by atoms with Crippen molar-refractivity contribution < 1.29 is 9.59 Å². The molecule has 0 saturated carbocycles. The molecule has 0 radical (unpaired) electrons. The van der Waals surface area contributed by atoms with Crippen LogP contribution in [0.1, 0.15) is 45.8 Å². The van der Waals surface area contributed by atoms with Crippen LogP contribution in [0, 0.1) is 6.92 Å². The summed E-state index contributed by atoms with van der Waals surface area (Å²) in [6.07, 6.45) is 0. The summed E-state index contributed by atoms with van der Waals surface area (Å²) >= 11 is 3.34. The molecule has 1 N–H and O–H groups in total. The summed E-state index contributed by atoms with van der Waals surface area (Å²) in [4.78, 5) is 31.3. The summed E-state index contributed by atoms with van der Waals surface area (Å²) in [5.41, 5.74) is 3.93. The maximum absolute atomic E-state index is 12.6.